The zero-order chi connectivity index (χ0) is 17.8. The minimum Gasteiger partial charge on any atom is -0.359 e. The minimum atomic E-state index is -0.205. The molecule has 0 aliphatic carbocycles. The van der Waals surface area contributed by atoms with Gasteiger partial charge in [0.15, 0.2) is 0 Å². The fraction of sp³-hybridized carbons (Fsp3) is 0.167. The van der Waals surface area contributed by atoms with Crippen LogP contribution >= 0.6 is 11.6 Å². The maximum absolute atomic E-state index is 12.4. The Morgan fingerprint density at radius 1 is 1.08 bits per heavy atom. The summed E-state index contributed by atoms with van der Waals surface area (Å²) < 4.78 is 1.76. The van der Waals surface area contributed by atoms with Gasteiger partial charge in [-0.3, -0.25) is 9.59 Å². The van der Waals surface area contributed by atoms with Gasteiger partial charge in [0, 0.05) is 17.8 Å². The molecule has 7 heteroatoms. The van der Waals surface area contributed by atoms with Crippen LogP contribution in [-0.2, 0) is 22.6 Å². The molecule has 0 fully saturated rings. The zero-order valence-corrected chi connectivity index (χ0v) is 14.4. The average molecular weight is 357 g/mol. The van der Waals surface area contributed by atoms with Crippen molar-refractivity contribution in [1.29, 1.82) is 0 Å². The van der Waals surface area contributed by atoms with Crippen molar-refractivity contribution in [3.63, 3.8) is 0 Å². The number of benzene rings is 2. The van der Waals surface area contributed by atoms with Gasteiger partial charge in [-0.05, 0) is 36.4 Å². The van der Waals surface area contributed by atoms with Gasteiger partial charge >= 0.3 is 0 Å². The summed E-state index contributed by atoms with van der Waals surface area (Å²) in [4.78, 5) is 28.6. The first-order chi connectivity index (χ1) is 12.1. The molecule has 0 atom stereocenters. The number of para-hydroxylation sites is 2. The molecule has 25 heavy (non-hydrogen) atoms. The number of nitrogens with one attached hydrogen (secondary N) is 2. The number of carbonyl (C=O) groups excluding carboxylic acids is 2. The maximum Gasteiger partial charge on any atom is 0.244 e. The molecule has 0 spiro atoms. The van der Waals surface area contributed by atoms with E-state index in [-0.39, 0.29) is 24.8 Å². The monoisotopic (exact) mass is 356 g/mol. The van der Waals surface area contributed by atoms with Gasteiger partial charge in [-0.1, -0.05) is 23.7 Å². The van der Waals surface area contributed by atoms with Crippen molar-refractivity contribution in [2.45, 2.75) is 13.0 Å². The van der Waals surface area contributed by atoms with Gasteiger partial charge < -0.3 is 15.2 Å². The largest absolute Gasteiger partial charge is 0.359 e. The van der Waals surface area contributed by atoms with Crippen molar-refractivity contribution in [2.24, 2.45) is 0 Å². The molecule has 0 bridgehead atoms. The molecule has 128 valence electrons. The molecule has 3 aromatic rings. The first kappa shape index (κ1) is 17.0. The van der Waals surface area contributed by atoms with Gasteiger partial charge in [-0.2, -0.15) is 0 Å². The van der Waals surface area contributed by atoms with E-state index in [0.29, 0.717) is 16.5 Å². The summed E-state index contributed by atoms with van der Waals surface area (Å²) in [5.74, 6) is 0.185. The first-order valence-electron chi connectivity index (χ1n) is 7.77. The van der Waals surface area contributed by atoms with E-state index in [9.17, 15) is 9.59 Å². The number of carbonyl (C=O) groups is 2. The van der Waals surface area contributed by atoms with Crippen molar-refractivity contribution in [2.75, 3.05) is 12.4 Å². The van der Waals surface area contributed by atoms with Crippen LogP contribution in [0.2, 0.25) is 5.02 Å². The molecule has 1 aromatic heterocycles. The van der Waals surface area contributed by atoms with Crippen LogP contribution in [0, 0.1) is 0 Å². The number of imidazole rings is 1. The van der Waals surface area contributed by atoms with Gasteiger partial charge in [-0.25, -0.2) is 4.98 Å². The number of likely N-dealkylation sites (N-methyl/N-ethyl adjacent to an activating group) is 1. The van der Waals surface area contributed by atoms with Crippen LogP contribution in [0.4, 0.5) is 5.69 Å². The third-order valence-corrected chi connectivity index (χ3v) is 4.01. The quantitative estimate of drug-likeness (QED) is 0.737. The number of hydrogen-bond donors (Lipinski definition) is 2. The highest BCUT2D eigenvalue weighted by Gasteiger charge is 2.15. The Bertz CT molecular complexity index is 918. The minimum absolute atomic E-state index is 0.0649. The third kappa shape index (κ3) is 3.97. The van der Waals surface area contributed by atoms with Gasteiger partial charge in [-0.15, -0.1) is 0 Å². The second kappa shape index (κ2) is 7.36. The Morgan fingerprint density at radius 2 is 1.80 bits per heavy atom. The lowest BCUT2D eigenvalue weighted by Gasteiger charge is -2.10. The second-order valence-corrected chi connectivity index (χ2v) is 5.94. The van der Waals surface area contributed by atoms with Gasteiger partial charge in [0.2, 0.25) is 11.8 Å². The Balaban J connectivity index is 1.85. The number of anilines is 1. The molecule has 1 heterocycles. The lowest BCUT2D eigenvalue weighted by atomic mass is 10.3. The molecule has 0 unspecified atom stereocenters. The van der Waals surface area contributed by atoms with Gasteiger partial charge in [0.1, 0.15) is 12.4 Å². The van der Waals surface area contributed by atoms with E-state index in [1.807, 2.05) is 24.3 Å². The van der Waals surface area contributed by atoms with Crippen LogP contribution in [-0.4, -0.2) is 28.4 Å². The predicted molar refractivity (Wildman–Crippen MR) is 97.6 cm³/mol. The molecule has 0 aliphatic rings. The van der Waals surface area contributed by atoms with E-state index in [1.54, 1.807) is 35.9 Å². The van der Waals surface area contributed by atoms with Gasteiger partial charge in [0.25, 0.3) is 0 Å². The predicted octanol–water partition coefficient (Wildman–Crippen LogP) is 2.62. The van der Waals surface area contributed by atoms with Crippen molar-refractivity contribution >= 4 is 40.1 Å². The van der Waals surface area contributed by atoms with E-state index in [0.717, 1.165) is 11.0 Å². The number of halogens is 1. The number of fused-ring (bicyclic) bond motifs is 1. The van der Waals surface area contributed by atoms with Crippen molar-refractivity contribution < 1.29 is 9.59 Å². The van der Waals surface area contributed by atoms with E-state index in [1.165, 1.54) is 0 Å². The number of aromatic nitrogens is 2. The summed E-state index contributed by atoms with van der Waals surface area (Å²) in [6, 6.07) is 14.4. The molecule has 0 saturated carbocycles. The second-order valence-electron chi connectivity index (χ2n) is 5.51. The van der Waals surface area contributed by atoms with Crippen LogP contribution in [0.25, 0.3) is 11.0 Å². The summed E-state index contributed by atoms with van der Waals surface area (Å²) in [5.41, 5.74) is 2.22. The lowest BCUT2D eigenvalue weighted by molar-refractivity contribution is -0.120. The van der Waals surface area contributed by atoms with E-state index in [4.69, 9.17) is 11.6 Å². The zero-order valence-electron chi connectivity index (χ0n) is 13.6. The summed E-state index contributed by atoms with van der Waals surface area (Å²) in [6.45, 7) is 0.0649. The summed E-state index contributed by atoms with van der Waals surface area (Å²) >= 11 is 5.85. The lowest BCUT2D eigenvalue weighted by Crippen LogP contribution is -2.24. The van der Waals surface area contributed by atoms with Crippen molar-refractivity contribution in [3.8, 4) is 0 Å². The standard InChI is InChI=1S/C18H17ClN4O2/c1-20-17(24)10-16-22-14-4-2-3-5-15(14)23(16)11-18(25)21-13-8-6-12(19)7-9-13/h2-9H,10-11H2,1H3,(H,20,24)(H,21,25). The number of rotatable bonds is 5. The van der Waals surface area contributed by atoms with Crippen LogP contribution in [0.1, 0.15) is 5.82 Å². The summed E-state index contributed by atoms with van der Waals surface area (Å²) in [7, 11) is 1.57. The van der Waals surface area contributed by atoms with Crippen LogP contribution < -0.4 is 10.6 Å². The highest BCUT2D eigenvalue weighted by Crippen LogP contribution is 2.18. The number of hydrogen-bond acceptors (Lipinski definition) is 3. The van der Waals surface area contributed by atoms with E-state index >= 15 is 0 Å². The van der Waals surface area contributed by atoms with E-state index in [2.05, 4.69) is 15.6 Å². The fourth-order valence-corrected chi connectivity index (χ4v) is 2.67. The smallest absolute Gasteiger partial charge is 0.244 e. The van der Waals surface area contributed by atoms with Gasteiger partial charge in [0.05, 0.1) is 17.5 Å². The third-order valence-electron chi connectivity index (χ3n) is 3.76. The molecular formula is C18H17ClN4O2. The number of nitrogens with zero attached hydrogens (tertiary/aromatic N) is 2. The Morgan fingerprint density at radius 3 is 2.52 bits per heavy atom. The summed E-state index contributed by atoms with van der Waals surface area (Å²) in [6.07, 6.45) is 0.111. The van der Waals surface area contributed by atoms with Crippen molar-refractivity contribution in [1.82, 2.24) is 14.9 Å². The molecule has 0 aliphatic heterocycles. The molecule has 0 radical (unpaired) electrons. The van der Waals surface area contributed by atoms with Crippen LogP contribution in [0.3, 0.4) is 0 Å². The number of amides is 2. The maximum atomic E-state index is 12.4. The Hall–Kier alpha value is -2.86. The molecule has 3 rings (SSSR count). The van der Waals surface area contributed by atoms with Crippen molar-refractivity contribution in [3.05, 3.63) is 59.4 Å². The molecule has 2 amide bonds. The SMILES string of the molecule is CNC(=O)Cc1nc2ccccc2n1CC(=O)Nc1ccc(Cl)cc1. The topological polar surface area (TPSA) is 76.0 Å². The molecule has 2 N–H and O–H groups in total. The molecule has 0 saturated heterocycles. The molecule has 2 aromatic carbocycles. The highest BCUT2D eigenvalue weighted by atomic mass is 35.5. The fourth-order valence-electron chi connectivity index (χ4n) is 2.55. The summed E-state index contributed by atoms with van der Waals surface area (Å²) in [5, 5.41) is 6.00. The first-order valence-corrected chi connectivity index (χ1v) is 8.15. The van der Waals surface area contributed by atoms with E-state index < -0.39 is 0 Å². The van der Waals surface area contributed by atoms with Crippen LogP contribution in [0.5, 0.6) is 0 Å². The Kier molecular flexibility index (Phi) is 5.00. The molecular weight excluding hydrogens is 340 g/mol. The average Bonchev–Trinajstić information content (AvgIpc) is 2.94. The highest BCUT2D eigenvalue weighted by molar-refractivity contribution is 6.30. The Labute approximate surface area is 149 Å². The normalized spacial score (nSPS) is 10.6. The van der Waals surface area contributed by atoms with Crippen LogP contribution in [0.15, 0.2) is 48.5 Å². The molecule has 6 nitrogen and oxygen atoms in total.